The summed E-state index contributed by atoms with van der Waals surface area (Å²) in [6.07, 6.45) is -4.26. The van der Waals surface area contributed by atoms with Crippen LogP contribution in [-0.4, -0.2) is 78.3 Å². The van der Waals surface area contributed by atoms with Crippen LogP contribution in [-0.2, 0) is 15.7 Å². The maximum Gasteiger partial charge on any atom is 0.416 e. The fourth-order valence-electron chi connectivity index (χ4n) is 5.09. The van der Waals surface area contributed by atoms with Gasteiger partial charge in [-0.25, -0.2) is 9.40 Å². The Hall–Kier alpha value is -4.09. The summed E-state index contributed by atoms with van der Waals surface area (Å²) in [6, 6.07) is 18.9. The number of hydrogen-bond acceptors (Lipinski definition) is 5. The summed E-state index contributed by atoms with van der Waals surface area (Å²) in [7, 11) is 0. The highest BCUT2D eigenvalue weighted by Gasteiger charge is 2.35. The zero-order valence-corrected chi connectivity index (χ0v) is 22.8. The lowest BCUT2D eigenvalue weighted by molar-refractivity contribution is -0.137. The van der Waals surface area contributed by atoms with Gasteiger partial charge in [0.2, 0.25) is 0 Å². The van der Waals surface area contributed by atoms with Crippen LogP contribution in [0, 0.1) is 5.82 Å². The van der Waals surface area contributed by atoms with Crippen molar-refractivity contribution in [3.05, 3.63) is 107 Å². The highest BCUT2D eigenvalue weighted by molar-refractivity contribution is 6.04. The smallest absolute Gasteiger partial charge is 0.379 e. The number of ether oxygens (including phenoxy) is 1. The first-order valence-electron chi connectivity index (χ1n) is 13.7. The minimum absolute atomic E-state index is 0.0364. The van der Waals surface area contributed by atoms with Crippen LogP contribution in [0.25, 0.3) is 0 Å². The normalized spacial score (nSPS) is 17.7. The predicted octanol–water partition coefficient (Wildman–Crippen LogP) is 5.00. The molecule has 0 aliphatic carbocycles. The van der Waals surface area contributed by atoms with Crippen molar-refractivity contribution >= 4 is 17.5 Å². The molecule has 0 unspecified atom stereocenters. The lowest BCUT2D eigenvalue weighted by Gasteiger charge is -2.31. The zero-order valence-electron chi connectivity index (χ0n) is 22.8. The number of alkyl halides is 3. The average Bonchev–Trinajstić information content (AvgIpc) is 3.45. The van der Waals surface area contributed by atoms with Crippen LogP contribution in [0.15, 0.2) is 84.0 Å². The van der Waals surface area contributed by atoms with E-state index in [0.29, 0.717) is 44.1 Å². The quantitative estimate of drug-likeness (QED) is 0.351. The molecule has 7 nitrogen and oxygen atoms in total. The van der Waals surface area contributed by atoms with E-state index in [-0.39, 0.29) is 25.1 Å². The van der Waals surface area contributed by atoms with Crippen molar-refractivity contribution < 1.29 is 31.9 Å². The van der Waals surface area contributed by atoms with Gasteiger partial charge in [0.15, 0.2) is 0 Å². The number of carbonyl (C=O) groups is 2. The summed E-state index contributed by atoms with van der Waals surface area (Å²) in [5.41, 5.74) is 0.667. The standard InChI is InChI=1S/C31H30F4N4O3/c32-26-9-5-4-8-25(26)27-20-28(22-6-2-1-3-7-22)39(36-27)29(40)21-38(15-14-37-16-18-42-19-17-37)30(41)23-10-12-24(13-11-23)31(33,34)35/h1-13,28H,14-21H2/t28-/m0/s1. The fourth-order valence-corrected chi connectivity index (χ4v) is 5.09. The van der Waals surface area contributed by atoms with Gasteiger partial charge in [-0.05, 0) is 35.9 Å². The van der Waals surface area contributed by atoms with E-state index in [1.165, 1.54) is 16.0 Å². The third kappa shape index (κ3) is 6.85. The van der Waals surface area contributed by atoms with Crippen LogP contribution >= 0.6 is 0 Å². The number of nitrogens with zero attached hydrogens (tertiary/aromatic N) is 4. The van der Waals surface area contributed by atoms with Crippen LogP contribution in [0.1, 0.15) is 39.5 Å². The van der Waals surface area contributed by atoms with Gasteiger partial charge < -0.3 is 9.64 Å². The number of halogens is 4. The molecule has 1 fully saturated rings. The molecular formula is C31H30F4N4O3. The Morgan fingerprint density at radius 1 is 0.929 bits per heavy atom. The Bertz CT molecular complexity index is 1420. The number of amides is 2. The molecule has 2 heterocycles. The highest BCUT2D eigenvalue weighted by Crippen LogP contribution is 2.34. The van der Waals surface area contributed by atoms with Gasteiger partial charge >= 0.3 is 6.18 Å². The molecule has 0 spiro atoms. The average molecular weight is 583 g/mol. The van der Waals surface area contributed by atoms with Gasteiger partial charge in [0.1, 0.15) is 12.4 Å². The molecule has 220 valence electrons. The monoisotopic (exact) mass is 582 g/mol. The van der Waals surface area contributed by atoms with Crippen LogP contribution in [0.5, 0.6) is 0 Å². The Morgan fingerprint density at radius 3 is 2.26 bits per heavy atom. The Labute approximate surface area is 241 Å². The van der Waals surface area contributed by atoms with E-state index in [1.807, 2.05) is 30.3 Å². The van der Waals surface area contributed by atoms with E-state index in [9.17, 15) is 27.2 Å². The van der Waals surface area contributed by atoms with Crippen molar-refractivity contribution in [3.8, 4) is 0 Å². The highest BCUT2D eigenvalue weighted by atomic mass is 19.4. The van der Waals surface area contributed by atoms with Gasteiger partial charge in [0.05, 0.1) is 30.5 Å². The second-order valence-corrected chi connectivity index (χ2v) is 10.2. The second kappa shape index (κ2) is 12.8. The first kappa shape index (κ1) is 29.4. The van der Waals surface area contributed by atoms with E-state index in [1.54, 1.807) is 18.2 Å². The van der Waals surface area contributed by atoms with Crippen LogP contribution in [0.4, 0.5) is 17.6 Å². The van der Waals surface area contributed by atoms with Crippen LogP contribution < -0.4 is 0 Å². The van der Waals surface area contributed by atoms with Gasteiger partial charge in [-0.1, -0.05) is 48.5 Å². The number of hydrazone groups is 1. The summed E-state index contributed by atoms with van der Waals surface area (Å²) in [4.78, 5) is 30.8. The summed E-state index contributed by atoms with van der Waals surface area (Å²) < 4.78 is 59.4. The van der Waals surface area contributed by atoms with Crippen molar-refractivity contribution in [3.63, 3.8) is 0 Å². The fraction of sp³-hybridized carbons (Fsp3) is 0.323. The topological polar surface area (TPSA) is 65.5 Å². The van der Waals surface area contributed by atoms with Gasteiger partial charge in [0, 0.05) is 43.7 Å². The molecule has 2 amide bonds. The van der Waals surface area contributed by atoms with Crippen molar-refractivity contribution in [2.75, 3.05) is 45.9 Å². The minimum atomic E-state index is -4.54. The summed E-state index contributed by atoms with van der Waals surface area (Å²) in [5, 5.41) is 5.81. The Kier molecular flexibility index (Phi) is 8.98. The molecule has 11 heteroatoms. The van der Waals surface area contributed by atoms with Crippen molar-refractivity contribution in [2.24, 2.45) is 5.10 Å². The van der Waals surface area contributed by atoms with E-state index >= 15 is 0 Å². The van der Waals surface area contributed by atoms with E-state index in [4.69, 9.17) is 4.74 Å². The molecule has 0 aromatic heterocycles. The molecule has 2 aliphatic rings. The SMILES string of the molecule is O=C(c1ccc(C(F)(F)F)cc1)N(CCN1CCOCC1)CC(=O)N1N=C(c2ccccc2F)C[C@H]1c1ccccc1. The number of rotatable bonds is 8. The third-order valence-corrected chi connectivity index (χ3v) is 7.40. The van der Waals surface area contributed by atoms with Gasteiger partial charge in [0.25, 0.3) is 11.8 Å². The van der Waals surface area contributed by atoms with Crippen LogP contribution in [0.3, 0.4) is 0 Å². The first-order chi connectivity index (χ1) is 20.2. The lowest BCUT2D eigenvalue weighted by atomic mass is 9.98. The van der Waals surface area contributed by atoms with E-state index in [0.717, 1.165) is 29.8 Å². The summed E-state index contributed by atoms with van der Waals surface area (Å²) in [6.45, 7) is 2.68. The second-order valence-electron chi connectivity index (χ2n) is 10.2. The summed E-state index contributed by atoms with van der Waals surface area (Å²) >= 11 is 0. The molecule has 0 radical (unpaired) electrons. The molecule has 3 aromatic carbocycles. The number of hydrogen-bond donors (Lipinski definition) is 0. The van der Waals surface area contributed by atoms with E-state index in [2.05, 4.69) is 10.0 Å². The Balaban J connectivity index is 1.41. The van der Waals surface area contributed by atoms with Crippen LogP contribution in [0.2, 0.25) is 0 Å². The number of benzene rings is 3. The maximum atomic E-state index is 14.7. The minimum Gasteiger partial charge on any atom is -0.379 e. The molecule has 0 N–H and O–H groups in total. The van der Waals surface area contributed by atoms with E-state index < -0.39 is 35.4 Å². The molecule has 3 aromatic rings. The lowest BCUT2D eigenvalue weighted by Crippen LogP contribution is -2.46. The largest absolute Gasteiger partial charge is 0.416 e. The van der Waals surface area contributed by atoms with Gasteiger partial charge in [-0.3, -0.25) is 14.5 Å². The number of morpholine rings is 1. The first-order valence-corrected chi connectivity index (χ1v) is 13.7. The van der Waals surface area contributed by atoms with Crippen molar-refractivity contribution in [1.29, 1.82) is 0 Å². The van der Waals surface area contributed by atoms with Crippen molar-refractivity contribution in [2.45, 2.75) is 18.6 Å². The predicted molar refractivity (Wildman–Crippen MR) is 148 cm³/mol. The molecule has 1 atom stereocenters. The maximum absolute atomic E-state index is 14.7. The molecule has 0 saturated carbocycles. The molecule has 1 saturated heterocycles. The summed E-state index contributed by atoms with van der Waals surface area (Å²) in [5.74, 6) is -1.52. The zero-order chi connectivity index (χ0) is 29.7. The third-order valence-electron chi connectivity index (χ3n) is 7.40. The number of carbonyl (C=O) groups excluding carboxylic acids is 2. The molecule has 5 rings (SSSR count). The Morgan fingerprint density at radius 2 is 1.60 bits per heavy atom. The molecule has 42 heavy (non-hydrogen) atoms. The molecular weight excluding hydrogens is 552 g/mol. The molecule has 2 aliphatic heterocycles. The van der Waals surface area contributed by atoms with Crippen molar-refractivity contribution in [1.82, 2.24) is 14.8 Å². The molecule has 0 bridgehead atoms. The van der Waals surface area contributed by atoms with Gasteiger partial charge in [-0.15, -0.1) is 0 Å². The van der Waals surface area contributed by atoms with Gasteiger partial charge in [-0.2, -0.15) is 18.3 Å².